The predicted octanol–water partition coefficient (Wildman–Crippen LogP) is 2.18. The van der Waals surface area contributed by atoms with Crippen LogP contribution in [-0.4, -0.2) is 33.6 Å². The molecular formula is C15H19N3O2. The maximum absolute atomic E-state index is 12.6. The molecule has 1 N–H and O–H groups in total. The first-order chi connectivity index (χ1) is 9.38. The van der Waals surface area contributed by atoms with Gasteiger partial charge in [0.1, 0.15) is 0 Å². The summed E-state index contributed by atoms with van der Waals surface area (Å²) in [7, 11) is 1.76. The number of carbonyl (C=O) groups excluding carboxylic acids is 1. The van der Waals surface area contributed by atoms with Gasteiger partial charge in [0.25, 0.3) is 11.5 Å². The molecule has 1 aromatic carbocycles. The summed E-state index contributed by atoms with van der Waals surface area (Å²) in [6.07, 6.45) is 0.830. The van der Waals surface area contributed by atoms with Gasteiger partial charge >= 0.3 is 0 Å². The SMILES string of the molecule is CCC(C)(C)N(C)C(=O)c1n[nH]c(=O)c2ccccc12. The van der Waals surface area contributed by atoms with Gasteiger partial charge in [-0.05, 0) is 26.3 Å². The smallest absolute Gasteiger partial charge is 0.275 e. The van der Waals surface area contributed by atoms with Crippen molar-refractivity contribution in [3.05, 3.63) is 40.3 Å². The number of nitrogens with one attached hydrogen (secondary N) is 1. The molecule has 0 aliphatic rings. The van der Waals surface area contributed by atoms with Gasteiger partial charge in [-0.15, -0.1) is 0 Å². The Morgan fingerprint density at radius 2 is 1.90 bits per heavy atom. The molecule has 106 valence electrons. The zero-order valence-electron chi connectivity index (χ0n) is 12.2. The highest BCUT2D eigenvalue weighted by molar-refractivity contribution is 6.04. The van der Waals surface area contributed by atoms with Crippen molar-refractivity contribution < 1.29 is 4.79 Å². The maximum atomic E-state index is 12.6. The Balaban J connectivity index is 2.57. The van der Waals surface area contributed by atoms with Gasteiger partial charge in [0.2, 0.25) is 0 Å². The molecule has 0 aliphatic carbocycles. The number of fused-ring (bicyclic) bond motifs is 1. The number of rotatable bonds is 3. The van der Waals surface area contributed by atoms with E-state index in [1.165, 1.54) is 0 Å². The first-order valence-electron chi connectivity index (χ1n) is 6.64. The molecule has 2 rings (SSSR count). The van der Waals surface area contributed by atoms with Crippen LogP contribution < -0.4 is 5.56 Å². The van der Waals surface area contributed by atoms with E-state index in [1.54, 1.807) is 36.2 Å². The quantitative estimate of drug-likeness (QED) is 0.932. The molecule has 0 saturated heterocycles. The van der Waals surface area contributed by atoms with E-state index in [0.29, 0.717) is 10.8 Å². The van der Waals surface area contributed by atoms with E-state index in [0.717, 1.165) is 6.42 Å². The van der Waals surface area contributed by atoms with E-state index >= 15 is 0 Å². The molecule has 0 atom stereocenters. The fraction of sp³-hybridized carbons (Fsp3) is 0.400. The van der Waals surface area contributed by atoms with Crippen molar-refractivity contribution in [2.45, 2.75) is 32.7 Å². The fourth-order valence-corrected chi connectivity index (χ4v) is 1.95. The van der Waals surface area contributed by atoms with Crippen LogP contribution in [0.4, 0.5) is 0 Å². The summed E-state index contributed by atoms with van der Waals surface area (Å²) in [5.41, 5.74) is -0.269. The monoisotopic (exact) mass is 273 g/mol. The zero-order chi connectivity index (χ0) is 14.9. The van der Waals surface area contributed by atoms with Crippen molar-refractivity contribution in [3.63, 3.8) is 0 Å². The van der Waals surface area contributed by atoms with E-state index in [4.69, 9.17) is 0 Å². The average molecular weight is 273 g/mol. The first kappa shape index (κ1) is 14.2. The van der Waals surface area contributed by atoms with Gasteiger partial charge < -0.3 is 4.90 Å². The number of aromatic amines is 1. The minimum atomic E-state index is -0.283. The molecular weight excluding hydrogens is 254 g/mol. The summed E-state index contributed by atoms with van der Waals surface area (Å²) < 4.78 is 0. The molecule has 0 radical (unpaired) electrons. The molecule has 5 nitrogen and oxygen atoms in total. The van der Waals surface area contributed by atoms with E-state index in [9.17, 15) is 9.59 Å². The third kappa shape index (κ3) is 2.31. The van der Waals surface area contributed by atoms with Gasteiger partial charge in [0.05, 0.1) is 5.39 Å². The van der Waals surface area contributed by atoms with Gasteiger partial charge in [-0.1, -0.05) is 25.1 Å². The number of carbonyl (C=O) groups is 1. The number of hydrogen-bond acceptors (Lipinski definition) is 3. The molecule has 1 aromatic heterocycles. The van der Waals surface area contributed by atoms with Crippen molar-refractivity contribution >= 4 is 16.7 Å². The molecule has 0 aliphatic heterocycles. The van der Waals surface area contributed by atoms with Gasteiger partial charge in [-0.3, -0.25) is 9.59 Å². The van der Waals surface area contributed by atoms with E-state index in [-0.39, 0.29) is 22.7 Å². The first-order valence-corrected chi connectivity index (χ1v) is 6.64. The Hall–Kier alpha value is -2.17. The van der Waals surface area contributed by atoms with Crippen LogP contribution in [0.5, 0.6) is 0 Å². The average Bonchev–Trinajstić information content (AvgIpc) is 2.46. The van der Waals surface area contributed by atoms with Crippen LogP contribution in [0, 0.1) is 0 Å². The third-order valence-electron chi connectivity index (χ3n) is 3.98. The highest BCUT2D eigenvalue weighted by Gasteiger charge is 2.28. The summed E-state index contributed by atoms with van der Waals surface area (Å²) in [6.45, 7) is 6.03. The number of H-pyrrole nitrogens is 1. The van der Waals surface area contributed by atoms with Crippen LogP contribution >= 0.6 is 0 Å². The third-order valence-corrected chi connectivity index (χ3v) is 3.98. The second-order valence-electron chi connectivity index (χ2n) is 5.48. The predicted molar refractivity (Wildman–Crippen MR) is 78.8 cm³/mol. The molecule has 0 fully saturated rings. The van der Waals surface area contributed by atoms with E-state index in [1.807, 2.05) is 20.8 Å². The van der Waals surface area contributed by atoms with Gasteiger partial charge in [-0.2, -0.15) is 5.10 Å². The van der Waals surface area contributed by atoms with Crippen LogP contribution in [0.2, 0.25) is 0 Å². The summed E-state index contributed by atoms with van der Waals surface area (Å²) in [5.74, 6) is -0.190. The molecule has 0 saturated carbocycles. The molecule has 1 heterocycles. The van der Waals surface area contributed by atoms with Crippen molar-refractivity contribution in [3.8, 4) is 0 Å². The summed E-state index contributed by atoms with van der Waals surface area (Å²) >= 11 is 0. The minimum absolute atomic E-state index is 0.190. The minimum Gasteiger partial charge on any atom is -0.335 e. The van der Waals surface area contributed by atoms with Crippen molar-refractivity contribution in [1.29, 1.82) is 0 Å². The lowest BCUT2D eigenvalue weighted by Gasteiger charge is -2.34. The Morgan fingerprint density at radius 3 is 2.50 bits per heavy atom. The Kier molecular flexibility index (Phi) is 3.61. The van der Waals surface area contributed by atoms with Crippen molar-refractivity contribution in [2.24, 2.45) is 0 Å². The topological polar surface area (TPSA) is 66.1 Å². The Morgan fingerprint density at radius 1 is 1.30 bits per heavy atom. The van der Waals surface area contributed by atoms with Crippen LogP contribution in [0.3, 0.4) is 0 Å². The lowest BCUT2D eigenvalue weighted by atomic mass is 9.99. The van der Waals surface area contributed by atoms with E-state index in [2.05, 4.69) is 10.2 Å². The normalized spacial score (nSPS) is 11.6. The van der Waals surface area contributed by atoms with Crippen LogP contribution in [-0.2, 0) is 0 Å². The van der Waals surface area contributed by atoms with Crippen molar-refractivity contribution in [2.75, 3.05) is 7.05 Å². The molecule has 0 unspecified atom stereocenters. The molecule has 1 amide bonds. The zero-order valence-corrected chi connectivity index (χ0v) is 12.2. The number of aromatic nitrogens is 2. The highest BCUT2D eigenvalue weighted by Crippen LogP contribution is 2.21. The molecule has 0 bridgehead atoms. The molecule has 2 aromatic rings. The van der Waals surface area contributed by atoms with Crippen LogP contribution in [0.15, 0.2) is 29.1 Å². The molecule has 20 heavy (non-hydrogen) atoms. The lowest BCUT2D eigenvalue weighted by molar-refractivity contribution is 0.0615. The molecule has 5 heteroatoms. The van der Waals surface area contributed by atoms with Crippen LogP contribution in [0.1, 0.15) is 37.7 Å². The van der Waals surface area contributed by atoms with Crippen molar-refractivity contribution in [1.82, 2.24) is 15.1 Å². The fourth-order valence-electron chi connectivity index (χ4n) is 1.95. The Bertz CT molecular complexity index is 704. The number of benzene rings is 1. The summed E-state index contributed by atoms with van der Waals surface area (Å²) in [6, 6.07) is 7.01. The second kappa shape index (κ2) is 5.07. The number of hydrogen-bond donors (Lipinski definition) is 1. The summed E-state index contributed by atoms with van der Waals surface area (Å²) in [4.78, 5) is 26.0. The number of nitrogens with zero attached hydrogens (tertiary/aromatic N) is 2. The van der Waals surface area contributed by atoms with E-state index < -0.39 is 0 Å². The lowest BCUT2D eigenvalue weighted by Crippen LogP contribution is -2.45. The maximum Gasteiger partial charge on any atom is 0.275 e. The van der Waals surface area contributed by atoms with Gasteiger partial charge in [-0.25, -0.2) is 5.10 Å². The standard InChI is InChI=1S/C15H19N3O2/c1-5-15(2,3)18(4)14(20)12-10-8-6-7-9-11(10)13(19)17-16-12/h6-9H,5H2,1-4H3,(H,17,19). The second-order valence-corrected chi connectivity index (χ2v) is 5.48. The Labute approximate surface area is 117 Å². The summed E-state index contributed by atoms with van der Waals surface area (Å²) in [5, 5.41) is 7.41. The number of amides is 1. The molecule has 0 spiro atoms. The van der Waals surface area contributed by atoms with Gasteiger partial charge in [0.15, 0.2) is 5.69 Å². The van der Waals surface area contributed by atoms with Crippen LogP contribution in [0.25, 0.3) is 10.8 Å². The van der Waals surface area contributed by atoms with Gasteiger partial charge in [0, 0.05) is 18.0 Å². The highest BCUT2D eigenvalue weighted by atomic mass is 16.2. The largest absolute Gasteiger partial charge is 0.335 e.